The Labute approximate surface area is 180 Å². The molecule has 3 aliphatic rings. The van der Waals surface area contributed by atoms with Gasteiger partial charge in [0.05, 0.1) is 34.6 Å². The minimum atomic E-state index is -3.44. The lowest BCUT2D eigenvalue weighted by molar-refractivity contribution is -0.0134. The van der Waals surface area contributed by atoms with Gasteiger partial charge in [0, 0.05) is 24.9 Å². The highest BCUT2D eigenvalue weighted by Gasteiger charge is 2.37. The molecule has 1 aliphatic carbocycles. The lowest BCUT2D eigenvalue weighted by Crippen LogP contribution is -2.56. The fourth-order valence-electron chi connectivity index (χ4n) is 4.19. The fourth-order valence-corrected chi connectivity index (χ4v) is 5.86. The first-order valence-corrected chi connectivity index (χ1v) is 12.1. The first kappa shape index (κ1) is 20.6. The highest BCUT2D eigenvalue weighted by Crippen LogP contribution is 2.35. The topological polar surface area (TPSA) is 102 Å². The number of aromatic nitrogens is 2. The zero-order chi connectivity index (χ0) is 21.6. The first-order chi connectivity index (χ1) is 14.9. The lowest BCUT2D eigenvalue weighted by Gasteiger charge is -2.39. The van der Waals surface area contributed by atoms with Crippen molar-refractivity contribution in [3.8, 4) is 5.88 Å². The van der Waals surface area contributed by atoms with Gasteiger partial charge in [-0.25, -0.2) is 22.8 Å². The molecule has 0 radical (unpaired) electrons. The molecule has 3 heterocycles. The Morgan fingerprint density at radius 1 is 1.19 bits per heavy atom. The molecule has 2 aromatic rings. The van der Waals surface area contributed by atoms with E-state index in [-0.39, 0.29) is 34.0 Å². The summed E-state index contributed by atoms with van der Waals surface area (Å²) >= 11 is 0. The molecule has 0 amide bonds. The number of rotatable bonds is 6. The van der Waals surface area contributed by atoms with Gasteiger partial charge in [-0.15, -0.1) is 0 Å². The maximum absolute atomic E-state index is 14.7. The van der Waals surface area contributed by atoms with Gasteiger partial charge < -0.3 is 20.1 Å². The van der Waals surface area contributed by atoms with Crippen LogP contribution in [0.4, 0.5) is 15.9 Å². The second-order valence-electron chi connectivity index (χ2n) is 8.47. The maximum Gasteiger partial charge on any atom is 0.221 e. The Hall–Kier alpha value is -2.30. The van der Waals surface area contributed by atoms with Crippen molar-refractivity contribution in [1.82, 2.24) is 15.3 Å². The van der Waals surface area contributed by atoms with Crippen molar-refractivity contribution in [2.45, 2.75) is 60.9 Å². The number of morpholine rings is 1. The number of ether oxygens (including phenoxy) is 2. The third-order valence-corrected chi connectivity index (χ3v) is 8.27. The molecular formula is C21H25FN4O4S. The summed E-state index contributed by atoms with van der Waals surface area (Å²) in [6, 6.07) is 4.48. The van der Waals surface area contributed by atoms with Gasteiger partial charge in [-0.3, -0.25) is 0 Å². The Morgan fingerprint density at radius 2 is 1.94 bits per heavy atom. The minimum absolute atomic E-state index is 0.0157. The largest absolute Gasteiger partial charge is 0.474 e. The van der Waals surface area contributed by atoms with Crippen LogP contribution in [0.15, 0.2) is 29.4 Å². The normalized spacial score (nSPS) is 25.8. The van der Waals surface area contributed by atoms with Gasteiger partial charge in [-0.05, 0) is 38.0 Å². The van der Waals surface area contributed by atoms with Crippen LogP contribution >= 0.6 is 0 Å². The molecule has 5 rings (SSSR count). The molecule has 3 atom stereocenters. The van der Waals surface area contributed by atoms with Crippen LogP contribution in [-0.2, 0) is 14.6 Å². The molecule has 8 nitrogen and oxygen atoms in total. The summed E-state index contributed by atoms with van der Waals surface area (Å²) in [5.74, 6) is 0.226. The molecule has 3 fully saturated rings. The van der Waals surface area contributed by atoms with Crippen LogP contribution in [-0.4, -0.2) is 55.0 Å². The summed E-state index contributed by atoms with van der Waals surface area (Å²) in [4.78, 5) is 8.50. The van der Waals surface area contributed by atoms with E-state index in [9.17, 15) is 12.8 Å². The fraction of sp³-hybridized carbons (Fsp3) is 0.524. The second kappa shape index (κ2) is 7.99. The van der Waals surface area contributed by atoms with Crippen LogP contribution < -0.4 is 15.4 Å². The highest BCUT2D eigenvalue weighted by molar-refractivity contribution is 7.92. The SMILES string of the molecule is Cc1c(Nc2ccc(S(=O)(=O)C3CC3)cc2F)ncnc1OC1CC2COC[C@@H](C1)N2. The van der Waals surface area contributed by atoms with E-state index in [1.165, 1.54) is 18.5 Å². The molecule has 1 aromatic carbocycles. The van der Waals surface area contributed by atoms with Crippen molar-refractivity contribution in [1.29, 1.82) is 0 Å². The average molecular weight is 449 g/mol. The predicted molar refractivity (Wildman–Crippen MR) is 112 cm³/mol. The standard InChI is InChI=1S/C21H25FN4O4S/c1-12-20(26-19-5-4-17(8-18(19)22)31(27,28)16-2-3-16)23-11-24-21(12)30-15-6-13-9-29-10-14(7-15)25-13/h4-5,8,11,13-16,25H,2-3,6-7,9-10H2,1H3,(H,23,24,26)/t13-,14?,15?/m1/s1. The third-order valence-electron chi connectivity index (χ3n) is 6.01. The van der Waals surface area contributed by atoms with Gasteiger partial charge in [0.1, 0.15) is 24.1 Å². The molecule has 2 bridgehead atoms. The van der Waals surface area contributed by atoms with Crippen molar-refractivity contribution in [2.75, 3.05) is 18.5 Å². The maximum atomic E-state index is 14.7. The van der Waals surface area contributed by atoms with Gasteiger partial charge in [-0.2, -0.15) is 0 Å². The Bertz CT molecular complexity index is 1080. The van der Waals surface area contributed by atoms with E-state index >= 15 is 0 Å². The predicted octanol–water partition coefficient (Wildman–Crippen LogP) is 2.50. The Kier molecular flexibility index (Phi) is 5.31. The van der Waals surface area contributed by atoms with Crippen LogP contribution in [0.1, 0.15) is 31.2 Å². The zero-order valence-electron chi connectivity index (χ0n) is 17.2. The van der Waals surface area contributed by atoms with Crippen molar-refractivity contribution in [2.24, 2.45) is 0 Å². The van der Waals surface area contributed by atoms with E-state index in [2.05, 4.69) is 20.6 Å². The summed E-state index contributed by atoms with van der Waals surface area (Å²) < 4.78 is 51.1. The summed E-state index contributed by atoms with van der Waals surface area (Å²) in [7, 11) is -3.44. The molecule has 2 aliphatic heterocycles. The molecule has 166 valence electrons. The summed E-state index contributed by atoms with van der Waals surface area (Å²) in [6.07, 6.45) is 4.32. The molecule has 0 spiro atoms. The van der Waals surface area contributed by atoms with Crippen LogP contribution in [0.25, 0.3) is 0 Å². The molecule has 1 aromatic heterocycles. The van der Waals surface area contributed by atoms with E-state index in [1.54, 1.807) is 0 Å². The van der Waals surface area contributed by atoms with E-state index in [4.69, 9.17) is 9.47 Å². The van der Waals surface area contributed by atoms with Crippen molar-refractivity contribution < 1.29 is 22.3 Å². The molecule has 31 heavy (non-hydrogen) atoms. The Morgan fingerprint density at radius 3 is 2.61 bits per heavy atom. The molecule has 2 saturated heterocycles. The van der Waals surface area contributed by atoms with Gasteiger partial charge in [-0.1, -0.05) is 0 Å². The molecule has 10 heteroatoms. The van der Waals surface area contributed by atoms with Crippen LogP contribution in [0, 0.1) is 12.7 Å². The van der Waals surface area contributed by atoms with E-state index in [0.717, 1.165) is 18.9 Å². The average Bonchev–Trinajstić information content (AvgIpc) is 3.58. The minimum Gasteiger partial charge on any atom is -0.474 e. The van der Waals surface area contributed by atoms with Crippen LogP contribution in [0.5, 0.6) is 5.88 Å². The Balaban J connectivity index is 1.32. The smallest absolute Gasteiger partial charge is 0.221 e. The molecule has 2 N–H and O–H groups in total. The summed E-state index contributed by atoms with van der Waals surface area (Å²) in [5.41, 5.74) is 0.813. The highest BCUT2D eigenvalue weighted by atomic mass is 32.2. The van der Waals surface area contributed by atoms with Gasteiger partial charge in [0.2, 0.25) is 5.88 Å². The van der Waals surface area contributed by atoms with E-state index in [1.807, 2.05) is 6.92 Å². The third kappa shape index (κ3) is 4.24. The zero-order valence-corrected chi connectivity index (χ0v) is 18.0. The van der Waals surface area contributed by atoms with Crippen LogP contribution in [0.2, 0.25) is 0 Å². The number of anilines is 2. The first-order valence-electron chi connectivity index (χ1n) is 10.5. The molecule has 2 unspecified atom stereocenters. The van der Waals surface area contributed by atoms with Crippen LogP contribution in [0.3, 0.4) is 0 Å². The lowest BCUT2D eigenvalue weighted by atomic mass is 9.95. The van der Waals surface area contributed by atoms with Crippen molar-refractivity contribution in [3.05, 3.63) is 35.9 Å². The van der Waals surface area contributed by atoms with Gasteiger partial charge in [0.25, 0.3) is 0 Å². The number of hydrogen-bond acceptors (Lipinski definition) is 8. The summed E-state index contributed by atoms with van der Waals surface area (Å²) in [6.45, 7) is 3.17. The number of halogens is 1. The quantitative estimate of drug-likeness (QED) is 0.695. The summed E-state index contributed by atoms with van der Waals surface area (Å²) in [5, 5.41) is 6.09. The number of nitrogens with zero attached hydrogens (tertiary/aromatic N) is 2. The van der Waals surface area contributed by atoms with Crippen molar-refractivity contribution in [3.63, 3.8) is 0 Å². The van der Waals surface area contributed by atoms with E-state index in [0.29, 0.717) is 43.3 Å². The monoisotopic (exact) mass is 448 g/mol. The molecule has 1 saturated carbocycles. The number of benzene rings is 1. The molecular weight excluding hydrogens is 423 g/mol. The number of piperidine rings is 1. The number of sulfone groups is 1. The van der Waals surface area contributed by atoms with Gasteiger partial charge >= 0.3 is 0 Å². The number of nitrogens with one attached hydrogen (secondary N) is 2. The number of hydrogen-bond donors (Lipinski definition) is 2. The van der Waals surface area contributed by atoms with E-state index < -0.39 is 15.7 Å². The second-order valence-corrected chi connectivity index (χ2v) is 10.7. The van der Waals surface area contributed by atoms with Gasteiger partial charge in [0.15, 0.2) is 9.84 Å². The van der Waals surface area contributed by atoms with Crippen molar-refractivity contribution >= 4 is 21.3 Å². The number of fused-ring (bicyclic) bond motifs is 2.